The monoisotopic (exact) mass is 455 g/mol. The molecule has 1 aliphatic carbocycles. The third-order valence-corrected chi connectivity index (χ3v) is 7.39. The minimum atomic E-state index is 0.769. The first-order valence-electron chi connectivity index (χ1n) is 11.8. The summed E-state index contributed by atoms with van der Waals surface area (Å²) in [4.78, 5) is 9.97. The molecule has 0 atom stereocenters. The summed E-state index contributed by atoms with van der Waals surface area (Å²) in [5.41, 5.74) is 7.52. The lowest BCUT2D eigenvalue weighted by atomic mass is 9.88. The van der Waals surface area contributed by atoms with E-state index in [-0.39, 0.29) is 0 Å². The molecular formula is C27H26ClN5. The molecule has 2 aromatic carbocycles. The standard InChI is InChI=1S/C27H26ClN5/c28-20-11-9-19(10-12-20)18-31-13-15-32(16-14-31)27-22-6-2-1-5-21(22)23(17-29)26-30-24-7-3-4-8-25(24)33(26)27/h3-4,7-12H,1-2,5-6,13-16,18H2. The maximum absolute atomic E-state index is 10.1. The van der Waals surface area contributed by atoms with Crippen molar-refractivity contribution in [1.29, 1.82) is 5.26 Å². The van der Waals surface area contributed by atoms with Gasteiger partial charge in [-0.25, -0.2) is 4.98 Å². The second-order valence-corrected chi connectivity index (χ2v) is 9.56. The molecule has 0 spiro atoms. The fourth-order valence-corrected chi connectivity index (χ4v) is 5.65. The summed E-state index contributed by atoms with van der Waals surface area (Å²) in [7, 11) is 0. The van der Waals surface area contributed by atoms with Gasteiger partial charge in [-0.3, -0.25) is 9.30 Å². The van der Waals surface area contributed by atoms with E-state index in [2.05, 4.69) is 50.6 Å². The molecule has 4 aromatic rings. The van der Waals surface area contributed by atoms with E-state index in [1.54, 1.807) is 0 Å². The number of imidazole rings is 1. The summed E-state index contributed by atoms with van der Waals surface area (Å²) in [5, 5.41) is 10.9. The van der Waals surface area contributed by atoms with Crippen LogP contribution in [-0.4, -0.2) is 40.5 Å². The molecular weight excluding hydrogens is 430 g/mol. The number of halogens is 1. The summed E-state index contributed by atoms with van der Waals surface area (Å²) >= 11 is 6.05. The molecule has 33 heavy (non-hydrogen) atoms. The van der Waals surface area contributed by atoms with Crippen molar-refractivity contribution in [2.45, 2.75) is 32.2 Å². The van der Waals surface area contributed by atoms with Crippen LogP contribution >= 0.6 is 11.6 Å². The van der Waals surface area contributed by atoms with Crippen molar-refractivity contribution in [3.8, 4) is 6.07 Å². The number of hydrogen-bond acceptors (Lipinski definition) is 4. The Morgan fingerprint density at radius 2 is 1.64 bits per heavy atom. The second-order valence-electron chi connectivity index (χ2n) is 9.12. The van der Waals surface area contributed by atoms with Crippen LogP contribution in [-0.2, 0) is 19.4 Å². The first kappa shape index (κ1) is 20.5. The number of para-hydroxylation sites is 2. The molecule has 0 unspecified atom stereocenters. The minimum Gasteiger partial charge on any atom is -0.355 e. The zero-order valence-corrected chi connectivity index (χ0v) is 19.4. The number of nitrogens with zero attached hydrogens (tertiary/aromatic N) is 5. The van der Waals surface area contributed by atoms with Crippen molar-refractivity contribution >= 4 is 34.1 Å². The molecule has 6 rings (SSSR count). The van der Waals surface area contributed by atoms with Gasteiger partial charge in [-0.1, -0.05) is 35.9 Å². The first-order valence-corrected chi connectivity index (χ1v) is 12.2. The van der Waals surface area contributed by atoms with E-state index in [9.17, 15) is 5.26 Å². The van der Waals surface area contributed by atoms with Crippen molar-refractivity contribution < 1.29 is 0 Å². The highest BCUT2D eigenvalue weighted by Crippen LogP contribution is 2.37. The number of anilines is 1. The highest BCUT2D eigenvalue weighted by molar-refractivity contribution is 6.30. The van der Waals surface area contributed by atoms with Gasteiger partial charge in [-0.15, -0.1) is 0 Å². The molecule has 1 saturated heterocycles. The Bertz CT molecular complexity index is 1370. The molecule has 0 N–H and O–H groups in total. The number of rotatable bonds is 3. The third kappa shape index (κ3) is 3.55. The van der Waals surface area contributed by atoms with Gasteiger partial charge in [-0.2, -0.15) is 5.26 Å². The number of pyridine rings is 1. The lowest BCUT2D eigenvalue weighted by Crippen LogP contribution is -2.47. The molecule has 1 fully saturated rings. The molecule has 6 heteroatoms. The predicted molar refractivity (Wildman–Crippen MR) is 133 cm³/mol. The summed E-state index contributed by atoms with van der Waals surface area (Å²) in [5.74, 6) is 1.26. The smallest absolute Gasteiger partial charge is 0.157 e. The number of fused-ring (bicyclic) bond motifs is 4. The highest BCUT2D eigenvalue weighted by atomic mass is 35.5. The number of benzene rings is 2. The number of hydrogen-bond donors (Lipinski definition) is 0. The largest absolute Gasteiger partial charge is 0.355 e. The van der Waals surface area contributed by atoms with E-state index in [0.717, 1.165) is 79.3 Å². The van der Waals surface area contributed by atoms with Crippen molar-refractivity contribution in [2.75, 3.05) is 31.1 Å². The Kier molecular flexibility index (Phi) is 5.21. The number of aromatic nitrogens is 2. The van der Waals surface area contributed by atoms with Gasteiger partial charge in [0.25, 0.3) is 0 Å². The minimum absolute atomic E-state index is 0.769. The van der Waals surface area contributed by atoms with Crippen molar-refractivity contribution in [2.24, 2.45) is 0 Å². The molecule has 5 nitrogen and oxygen atoms in total. The van der Waals surface area contributed by atoms with E-state index >= 15 is 0 Å². The zero-order chi connectivity index (χ0) is 22.4. The van der Waals surface area contributed by atoms with Gasteiger partial charge < -0.3 is 4.90 Å². The Balaban J connectivity index is 1.40. The summed E-state index contributed by atoms with van der Waals surface area (Å²) in [6.07, 6.45) is 4.33. The lowest BCUT2D eigenvalue weighted by Gasteiger charge is -2.38. The highest BCUT2D eigenvalue weighted by Gasteiger charge is 2.29. The molecule has 166 valence electrons. The first-order chi connectivity index (χ1) is 16.2. The maximum atomic E-state index is 10.1. The van der Waals surface area contributed by atoms with Gasteiger partial charge in [0, 0.05) is 37.7 Å². The second kappa shape index (κ2) is 8.37. The van der Waals surface area contributed by atoms with Gasteiger partial charge >= 0.3 is 0 Å². The van der Waals surface area contributed by atoms with Gasteiger partial charge in [0.05, 0.1) is 16.6 Å². The lowest BCUT2D eigenvalue weighted by molar-refractivity contribution is 0.249. The van der Waals surface area contributed by atoms with Crippen LogP contribution in [0.5, 0.6) is 0 Å². The zero-order valence-electron chi connectivity index (χ0n) is 18.6. The number of piperazine rings is 1. The molecule has 0 amide bonds. The Morgan fingerprint density at radius 3 is 2.39 bits per heavy atom. The number of nitriles is 1. The van der Waals surface area contributed by atoms with E-state index in [1.807, 2.05) is 18.2 Å². The van der Waals surface area contributed by atoms with E-state index in [4.69, 9.17) is 16.6 Å². The molecule has 2 aliphatic rings. The van der Waals surface area contributed by atoms with Gasteiger partial charge in [-0.05, 0) is 66.6 Å². The Labute approximate surface area is 198 Å². The van der Waals surface area contributed by atoms with Crippen LogP contribution in [0.15, 0.2) is 48.5 Å². The Hall–Kier alpha value is -3.07. The van der Waals surface area contributed by atoms with Crippen LogP contribution in [0, 0.1) is 11.3 Å². The topological polar surface area (TPSA) is 47.6 Å². The van der Waals surface area contributed by atoms with Crippen LogP contribution in [0.1, 0.15) is 35.1 Å². The molecule has 1 aliphatic heterocycles. The fourth-order valence-electron chi connectivity index (χ4n) is 5.52. The van der Waals surface area contributed by atoms with Crippen molar-refractivity contribution in [3.05, 3.63) is 75.8 Å². The van der Waals surface area contributed by atoms with Crippen molar-refractivity contribution in [1.82, 2.24) is 14.3 Å². The predicted octanol–water partition coefficient (Wildman–Crippen LogP) is 5.21. The van der Waals surface area contributed by atoms with Gasteiger partial charge in [0.15, 0.2) is 5.65 Å². The molecule has 2 aromatic heterocycles. The normalized spacial score (nSPS) is 16.8. The summed E-state index contributed by atoms with van der Waals surface area (Å²) in [6, 6.07) is 19.0. The SMILES string of the molecule is N#Cc1c2c(c(N3CCN(Cc4ccc(Cl)cc4)CC3)n3c1nc1ccccc13)CCCC2. The van der Waals surface area contributed by atoms with Crippen LogP contribution in [0.3, 0.4) is 0 Å². The van der Waals surface area contributed by atoms with Crippen LogP contribution in [0.25, 0.3) is 16.7 Å². The van der Waals surface area contributed by atoms with Gasteiger partial charge in [0.1, 0.15) is 11.9 Å². The Morgan fingerprint density at radius 1 is 0.909 bits per heavy atom. The van der Waals surface area contributed by atoms with Crippen LogP contribution < -0.4 is 4.90 Å². The third-order valence-electron chi connectivity index (χ3n) is 7.14. The van der Waals surface area contributed by atoms with E-state index in [0.29, 0.717) is 0 Å². The van der Waals surface area contributed by atoms with E-state index < -0.39 is 0 Å². The van der Waals surface area contributed by atoms with E-state index in [1.165, 1.54) is 28.9 Å². The average molecular weight is 456 g/mol. The van der Waals surface area contributed by atoms with Crippen LogP contribution in [0.4, 0.5) is 5.82 Å². The summed E-state index contributed by atoms with van der Waals surface area (Å²) in [6.45, 7) is 4.89. The molecule has 0 saturated carbocycles. The average Bonchev–Trinajstić information content (AvgIpc) is 3.23. The molecule has 0 radical (unpaired) electrons. The maximum Gasteiger partial charge on any atom is 0.157 e. The summed E-state index contributed by atoms with van der Waals surface area (Å²) < 4.78 is 2.27. The van der Waals surface area contributed by atoms with Crippen LogP contribution in [0.2, 0.25) is 5.02 Å². The fraction of sp³-hybridized carbons (Fsp3) is 0.333. The quantitative estimate of drug-likeness (QED) is 0.425. The van der Waals surface area contributed by atoms with Gasteiger partial charge in [0.2, 0.25) is 0 Å². The molecule has 0 bridgehead atoms. The van der Waals surface area contributed by atoms with Crippen molar-refractivity contribution in [3.63, 3.8) is 0 Å². The molecule has 3 heterocycles.